The van der Waals surface area contributed by atoms with Gasteiger partial charge in [-0.25, -0.2) is 18.1 Å². The number of aromatic nitrogens is 3. The number of pyridine rings is 1. The number of hydrogen-bond acceptors (Lipinski definition) is 8. The molecule has 3 aliphatic rings. The van der Waals surface area contributed by atoms with Crippen molar-refractivity contribution in [2.45, 2.75) is 123 Å². The summed E-state index contributed by atoms with van der Waals surface area (Å²) in [6.45, 7) is 14.5. The number of ether oxygens (including phenoxy) is 1. The van der Waals surface area contributed by atoms with E-state index in [2.05, 4.69) is 72.5 Å². The number of benzene rings is 2. The van der Waals surface area contributed by atoms with Crippen molar-refractivity contribution < 1.29 is 13.2 Å². The topological polar surface area (TPSA) is 101 Å². The molecule has 0 unspecified atom stereocenters. The van der Waals surface area contributed by atoms with Gasteiger partial charge in [0.25, 0.3) is 10.0 Å². The summed E-state index contributed by atoms with van der Waals surface area (Å²) in [6, 6.07) is 18.0. The number of nitrogens with one attached hydrogen (secondary N) is 1. The van der Waals surface area contributed by atoms with Crippen LogP contribution in [0.2, 0.25) is 0 Å². The van der Waals surface area contributed by atoms with E-state index < -0.39 is 10.0 Å². The highest BCUT2D eigenvalue weighted by Crippen LogP contribution is 2.37. The van der Waals surface area contributed by atoms with Gasteiger partial charge in [0.05, 0.1) is 28.2 Å². The van der Waals surface area contributed by atoms with Crippen molar-refractivity contribution in [1.82, 2.24) is 19.9 Å². The van der Waals surface area contributed by atoms with E-state index in [1.165, 1.54) is 62.6 Å². The van der Waals surface area contributed by atoms with Crippen molar-refractivity contribution in [3.63, 3.8) is 0 Å². The molecule has 4 heterocycles. The Kier molecular flexibility index (Phi) is 11.6. The second-order valence-electron chi connectivity index (χ2n) is 17.1. The average Bonchev–Trinajstić information content (AvgIpc) is 3.15. The van der Waals surface area contributed by atoms with Gasteiger partial charge in [-0.05, 0) is 98.2 Å². The van der Waals surface area contributed by atoms with Crippen LogP contribution in [-0.2, 0) is 29.5 Å². The lowest BCUT2D eigenvalue weighted by Crippen LogP contribution is -2.41. The van der Waals surface area contributed by atoms with Gasteiger partial charge in [-0.2, -0.15) is 4.98 Å². The third kappa shape index (κ3) is 9.25. The van der Waals surface area contributed by atoms with Gasteiger partial charge < -0.3 is 9.64 Å². The maximum Gasteiger partial charge on any atom is 0.264 e. The molecule has 2 aromatic carbocycles. The standard InChI is InChI=1S/C44H58N6O3S/c1-31-14-12-18-35(24-33-15-8-6-9-16-33)40(31)41-32(2)42-47-43(46-41)48-54(51,52)39-19-13-17-34(25-39)28-50(38(30-53-42)26-44(3,4)5)29-36-20-21-37(27-45-36)49-22-10-7-11-23-49/h12-14,17-21,25,27,33,38H,6-11,15-16,22-24,26,28-30H2,1-5H3,(H,46,47,48)/t38-/m1/s1. The molecule has 9 nitrogen and oxygen atoms in total. The number of rotatable bonds is 7. The first kappa shape index (κ1) is 38.3. The molecule has 1 saturated heterocycles. The molecule has 4 aromatic rings. The highest BCUT2D eigenvalue weighted by Gasteiger charge is 2.30. The molecule has 288 valence electrons. The number of anilines is 2. The third-order valence-electron chi connectivity index (χ3n) is 11.4. The summed E-state index contributed by atoms with van der Waals surface area (Å²) in [7, 11) is -4.01. The van der Waals surface area contributed by atoms with Crippen LogP contribution in [-0.4, -0.2) is 54.0 Å². The minimum Gasteiger partial charge on any atom is -0.476 e. The summed E-state index contributed by atoms with van der Waals surface area (Å²) in [5.41, 5.74) is 7.95. The van der Waals surface area contributed by atoms with Crippen LogP contribution >= 0.6 is 0 Å². The first-order valence-corrected chi connectivity index (χ1v) is 21.6. The van der Waals surface area contributed by atoms with Gasteiger partial charge in [-0.15, -0.1) is 0 Å². The van der Waals surface area contributed by atoms with Crippen LogP contribution in [0.1, 0.15) is 107 Å². The molecule has 2 fully saturated rings. The molecule has 54 heavy (non-hydrogen) atoms. The summed E-state index contributed by atoms with van der Waals surface area (Å²) < 4.78 is 37.6. The number of hydrogen-bond donors (Lipinski definition) is 1. The largest absolute Gasteiger partial charge is 0.476 e. The van der Waals surface area contributed by atoms with Gasteiger partial charge in [-0.1, -0.05) is 83.2 Å². The fourth-order valence-electron chi connectivity index (χ4n) is 8.64. The van der Waals surface area contributed by atoms with Gasteiger partial charge in [-0.3, -0.25) is 9.88 Å². The van der Waals surface area contributed by atoms with E-state index in [1.807, 2.05) is 25.3 Å². The number of aryl methyl sites for hydroxylation is 1. The predicted octanol–water partition coefficient (Wildman–Crippen LogP) is 9.27. The fraction of sp³-hybridized carbons (Fsp3) is 0.523. The summed E-state index contributed by atoms with van der Waals surface area (Å²) in [5.74, 6) is 1.05. The predicted molar refractivity (Wildman–Crippen MR) is 217 cm³/mol. The van der Waals surface area contributed by atoms with Gasteiger partial charge in [0.2, 0.25) is 11.8 Å². The van der Waals surface area contributed by atoms with Gasteiger partial charge >= 0.3 is 0 Å². The number of nitrogens with zero attached hydrogens (tertiary/aromatic N) is 5. The first-order valence-electron chi connectivity index (χ1n) is 20.1. The van der Waals surface area contributed by atoms with E-state index in [9.17, 15) is 8.42 Å². The molecule has 4 bridgehead atoms. The quantitative estimate of drug-likeness (QED) is 0.200. The zero-order chi connectivity index (χ0) is 37.9. The Labute approximate surface area is 323 Å². The summed E-state index contributed by atoms with van der Waals surface area (Å²) in [6.07, 6.45) is 13.9. The Morgan fingerprint density at radius 3 is 2.41 bits per heavy atom. The zero-order valence-corrected chi connectivity index (χ0v) is 33.7. The Hall–Kier alpha value is -4.02. The minimum atomic E-state index is -4.01. The van der Waals surface area contributed by atoms with Crippen molar-refractivity contribution in [3.05, 3.63) is 88.7 Å². The molecular formula is C44H58N6O3S. The molecule has 0 spiro atoms. The summed E-state index contributed by atoms with van der Waals surface area (Å²) >= 11 is 0. The molecule has 0 radical (unpaired) electrons. The molecule has 1 atom stereocenters. The monoisotopic (exact) mass is 750 g/mol. The Bertz CT molecular complexity index is 2020. The lowest BCUT2D eigenvalue weighted by atomic mass is 9.82. The molecule has 2 aromatic heterocycles. The Balaban J connectivity index is 1.29. The Morgan fingerprint density at radius 1 is 0.907 bits per heavy atom. The van der Waals surface area contributed by atoms with E-state index >= 15 is 0 Å². The normalized spacial score (nSPS) is 19.9. The molecule has 0 amide bonds. The maximum atomic E-state index is 14.0. The lowest BCUT2D eigenvalue weighted by Gasteiger charge is -2.36. The van der Waals surface area contributed by atoms with E-state index in [0.29, 0.717) is 37.2 Å². The highest BCUT2D eigenvalue weighted by atomic mass is 32.2. The fourth-order valence-corrected chi connectivity index (χ4v) is 9.65. The SMILES string of the molecule is Cc1cccc(CC2CCCCC2)c1-c1nc2nc(c1C)OC[C@@H](CC(C)(C)C)N(Cc1ccc(N3CCCCC3)cn1)Cc1cccc(c1)S(=O)(=O)N2. The minimum absolute atomic E-state index is 0.00919. The van der Waals surface area contributed by atoms with Crippen molar-refractivity contribution in [3.8, 4) is 17.1 Å². The van der Waals surface area contributed by atoms with Crippen LogP contribution in [0.5, 0.6) is 5.88 Å². The number of piperidine rings is 1. The smallest absolute Gasteiger partial charge is 0.264 e. The number of sulfonamides is 1. The zero-order valence-electron chi connectivity index (χ0n) is 32.9. The van der Waals surface area contributed by atoms with Gasteiger partial charge in [0.15, 0.2) is 0 Å². The second-order valence-corrected chi connectivity index (χ2v) is 18.8. The van der Waals surface area contributed by atoms with Crippen LogP contribution in [0.4, 0.5) is 11.6 Å². The highest BCUT2D eigenvalue weighted by molar-refractivity contribution is 7.92. The average molecular weight is 751 g/mol. The Morgan fingerprint density at radius 2 is 1.67 bits per heavy atom. The van der Waals surface area contributed by atoms with Crippen LogP contribution in [0.25, 0.3) is 11.3 Å². The third-order valence-corrected chi connectivity index (χ3v) is 12.7. The number of fused-ring (bicyclic) bond motifs is 4. The summed E-state index contributed by atoms with van der Waals surface area (Å²) in [4.78, 5) is 19.7. The molecule has 2 aliphatic heterocycles. The van der Waals surface area contributed by atoms with Crippen molar-refractivity contribution in [2.24, 2.45) is 11.3 Å². The molecule has 1 saturated carbocycles. The van der Waals surface area contributed by atoms with Crippen molar-refractivity contribution >= 4 is 21.7 Å². The van der Waals surface area contributed by atoms with Gasteiger partial charge in [0, 0.05) is 43.3 Å². The van der Waals surface area contributed by atoms with E-state index in [1.54, 1.807) is 12.1 Å². The van der Waals surface area contributed by atoms with Crippen LogP contribution < -0.4 is 14.4 Å². The van der Waals surface area contributed by atoms with Crippen molar-refractivity contribution in [1.29, 1.82) is 0 Å². The van der Waals surface area contributed by atoms with Crippen LogP contribution in [0.15, 0.2) is 65.7 Å². The second kappa shape index (κ2) is 16.4. The maximum absolute atomic E-state index is 14.0. The first-order chi connectivity index (χ1) is 25.9. The molecule has 7 rings (SSSR count). The molecule has 1 aliphatic carbocycles. The van der Waals surface area contributed by atoms with Gasteiger partial charge in [0.1, 0.15) is 6.61 Å². The molecule has 1 N–H and O–H groups in total. The van der Waals surface area contributed by atoms with Crippen LogP contribution in [0, 0.1) is 25.2 Å². The molecular weight excluding hydrogens is 693 g/mol. The van der Waals surface area contributed by atoms with E-state index in [0.717, 1.165) is 53.9 Å². The van der Waals surface area contributed by atoms with E-state index in [-0.39, 0.29) is 22.3 Å². The lowest BCUT2D eigenvalue weighted by molar-refractivity contribution is 0.0843. The van der Waals surface area contributed by atoms with E-state index in [4.69, 9.17) is 19.7 Å². The van der Waals surface area contributed by atoms with Crippen LogP contribution in [0.3, 0.4) is 0 Å². The van der Waals surface area contributed by atoms with Crippen molar-refractivity contribution in [2.75, 3.05) is 29.3 Å². The summed E-state index contributed by atoms with van der Waals surface area (Å²) in [5, 5.41) is 0. The molecule has 10 heteroatoms.